The molecule has 0 amide bonds. The summed E-state index contributed by atoms with van der Waals surface area (Å²) >= 11 is 0. The van der Waals surface area contributed by atoms with Gasteiger partial charge in [-0.2, -0.15) is 0 Å². The summed E-state index contributed by atoms with van der Waals surface area (Å²) in [6, 6.07) is 0.552. The molecule has 1 saturated heterocycles. The van der Waals surface area contributed by atoms with Crippen LogP contribution in [-0.2, 0) is 4.74 Å². The van der Waals surface area contributed by atoms with Crippen LogP contribution in [0.1, 0.15) is 66.2 Å². The Morgan fingerprint density at radius 1 is 1.22 bits per heavy atom. The highest BCUT2D eigenvalue weighted by atomic mass is 16.5. The van der Waals surface area contributed by atoms with Crippen molar-refractivity contribution >= 4 is 0 Å². The Labute approximate surface area is 113 Å². The molecule has 18 heavy (non-hydrogen) atoms. The van der Waals surface area contributed by atoms with Crippen molar-refractivity contribution in [3.63, 3.8) is 0 Å². The number of nitrogens with one attached hydrogen (secondary N) is 1. The molecule has 1 spiro atoms. The minimum atomic E-state index is 0.135. The Balaban J connectivity index is 2.10. The Morgan fingerprint density at radius 3 is 2.72 bits per heavy atom. The zero-order chi connectivity index (χ0) is 13.2. The minimum absolute atomic E-state index is 0.135. The first-order chi connectivity index (χ1) is 8.41. The van der Waals surface area contributed by atoms with Gasteiger partial charge in [0.2, 0.25) is 0 Å². The summed E-state index contributed by atoms with van der Waals surface area (Å²) in [5.74, 6) is 0.880. The third kappa shape index (κ3) is 3.48. The molecular weight excluding hydrogens is 222 g/mol. The first-order valence-corrected chi connectivity index (χ1v) is 7.79. The second kappa shape index (κ2) is 5.50. The smallest absolute Gasteiger partial charge is 0.0835 e. The molecule has 1 aliphatic carbocycles. The highest BCUT2D eigenvalue weighted by molar-refractivity contribution is 4.99. The predicted octanol–water partition coefficient (Wildman–Crippen LogP) is 3.75. The van der Waals surface area contributed by atoms with Crippen LogP contribution in [-0.4, -0.2) is 24.8 Å². The topological polar surface area (TPSA) is 21.3 Å². The van der Waals surface area contributed by atoms with Gasteiger partial charge in [-0.05, 0) is 37.0 Å². The van der Waals surface area contributed by atoms with Crippen LogP contribution in [0.25, 0.3) is 0 Å². The van der Waals surface area contributed by atoms with E-state index >= 15 is 0 Å². The summed E-state index contributed by atoms with van der Waals surface area (Å²) < 4.78 is 6.33. The van der Waals surface area contributed by atoms with Gasteiger partial charge in [-0.1, -0.05) is 40.5 Å². The maximum atomic E-state index is 6.33. The molecule has 0 aromatic rings. The molecule has 2 aliphatic rings. The van der Waals surface area contributed by atoms with E-state index in [1.165, 1.54) is 38.5 Å². The van der Waals surface area contributed by atoms with E-state index in [0.717, 1.165) is 19.1 Å². The number of ether oxygens (including phenoxy) is 1. The van der Waals surface area contributed by atoms with Crippen LogP contribution in [0.3, 0.4) is 0 Å². The Morgan fingerprint density at radius 2 is 2.00 bits per heavy atom. The lowest BCUT2D eigenvalue weighted by Gasteiger charge is -2.46. The molecule has 0 bridgehead atoms. The van der Waals surface area contributed by atoms with Crippen molar-refractivity contribution in [3.8, 4) is 0 Å². The fraction of sp³-hybridized carbons (Fsp3) is 1.00. The van der Waals surface area contributed by atoms with Crippen LogP contribution in [0.2, 0.25) is 0 Å². The Hall–Kier alpha value is -0.0800. The SMILES string of the molecule is CC1CCCC2(CC1)OCCNC2CC(C)(C)C. The van der Waals surface area contributed by atoms with Gasteiger partial charge in [0.1, 0.15) is 0 Å². The zero-order valence-corrected chi connectivity index (χ0v) is 12.7. The summed E-state index contributed by atoms with van der Waals surface area (Å²) in [5.41, 5.74) is 0.513. The molecule has 2 nitrogen and oxygen atoms in total. The van der Waals surface area contributed by atoms with Gasteiger partial charge in [0, 0.05) is 12.6 Å². The highest BCUT2D eigenvalue weighted by Crippen LogP contribution is 2.40. The molecule has 1 saturated carbocycles. The zero-order valence-electron chi connectivity index (χ0n) is 12.7. The second-order valence-electron chi connectivity index (χ2n) is 7.72. The van der Waals surface area contributed by atoms with Crippen LogP contribution in [0.5, 0.6) is 0 Å². The van der Waals surface area contributed by atoms with Crippen LogP contribution >= 0.6 is 0 Å². The van der Waals surface area contributed by atoms with Crippen LogP contribution in [0.4, 0.5) is 0 Å². The van der Waals surface area contributed by atoms with Crippen molar-refractivity contribution in [1.29, 1.82) is 0 Å². The number of rotatable bonds is 1. The maximum absolute atomic E-state index is 6.33. The van der Waals surface area contributed by atoms with Crippen LogP contribution in [0, 0.1) is 11.3 Å². The standard InChI is InChI=1S/C16H31NO/c1-13-6-5-8-16(9-7-13)14(12-15(2,3)4)17-10-11-18-16/h13-14,17H,5-12H2,1-4H3. The predicted molar refractivity (Wildman–Crippen MR) is 76.8 cm³/mol. The molecule has 2 rings (SSSR count). The summed E-state index contributed by atoms with van der Waals surface area (Å²) in [6.45, 7) is 11.4. The highest BCUT2D eigenvalue weighted by Gasteiger charge is 2.43. The molecule has 0 aromatic carbocycles. The molecule has 0 aromatic heterocycles. The van der Waals surface area contributed by atoms with Crippen molar-refractivity contribution in [2.24, 2.45) is 11.3 Å². The number of hydrogen-bond donors (Lipinski definition) is 1. The van der Waals surface area contributed by atoms with Gasteiger partial charge in [-0.15, -0.1) is 0 Å². The molecule has 1 heterocycles. The molecule has 2 heteroatoms. The Bertz CT molecular complexity index is 271. The lowest BCUT2D eigenvalue weighted by molar-refractivity contribution is -0.113. The largest absolute Gasteiger partial charge is 0.372 e. The van der Waals surface area contributed by atoms with Gasteiger partial charge in [0.25, 0.3) is 0 Å². The van der Waals surface area contributed by atoms with Gasteiger partial charge in [-0.25, -0.2) is 0 Å². The first kappa shape index (κ1) is 14.3. The average Bonchev–Trinajstić information content (AvgIpc) is 2.44. The quantitative estimate of drug-likeness (QED) is 0.768. The molecule has 2 fully saturated rings. The van der Waals surface area contributed by atoms with E-state index in [-0.39, 0.29) is 5.60 Å². The number of hydrogen-bond acceptors (Lipinski definition) is 2. The van der Waals surface area contributed by atoms with E-state index < -0.39 is 0 Å². The fourth-order valence-electron chi connectivity index (χ4n) is 3.65. The van der Waals surface area contributed by atoms with Crippen molar-refractivity contribution in [2.45, 2.75) is 77.9 Å². The summed E-state index contributed by atoms with van der Waals surface area (Å²) in [4.78, 5) is 0. The van der Waals surface area contributed by atoms with Gasteiger partial charge >= 0.3 is 0 Å². The molecular formula is C16H31NO. The van der Waals surface area contributed by atoms with Crippen LogP contribution < -0.4 is 5.32 Å². The van der Waals surface area contributed by atoms with E-state index in [2.05, 4.69) is 33.0 Å². The third-order valence-electron chi connectivity index (χ3n) is 4.69. The molecule has 106 valence electrons. The number of morpholine rings is 1. The molecule has 3 unspecified atom stereocenters. The minimum Gasteiger partial charge on any atom is -0.372 e. The van der Waals surface area contributed by atoms with Crippen LogP contribution in [0.15, 0.2) is 0 Å². The average molecular weight is 253 g/mol. The van der Waals surface area contributed by atoms with Gasteiger partial charge in [-0.3, -0.25) is 0 Å². The molecule has 1 N–H and O–H groups in total. The summed E-state index contributed by atoms with van der Waals surface area (Å²) in [5, 5.41) is 3.75. The Kier molecular flexibility index (Phi) is 4.38. The third-order valence-corrected chi connectivity index (χ3v) is 4.69. The van der Waals surface area contributed by atoms with Crippen molar-refractivity contribution < 1.29 is 4.74 Å². The molecule has 1 aliphatic heterocycles. The van der Waals surface area contributed by atoms with Gasteiger partial charge < -0.3 is 10.1 Å². The van der Waals surface area contributed by atoms with Crippen molar-refractivity contribution in [2.75, 3.05) is 13.2 Å². The van der Waals surface area contributed by atoms with E-state index in [0.29, 0.717) is 11.5 Å². The summed E-state index contributed by atoms with van der Waals surface area (Å²) in [7, 11) is 0. The van der Waals surface area contributed by atoms with E-state index in [4.69, 9.17) is 4.74 Å². The first-order valence-electron chi connectivity index (χ1n) is 7.79. The molecule has 0 radical (unpaired) electrons. The maximum Gasteiger partial charge on any atom is 0.0835 e. The van der Waals surface area contributed by atoms with Crippen molar-refractivity contribution in [1.82, 2.24) is 5.32 Å². The van der Waals surface area contributed by atoms with Gasteiger partial charge in [0.15, 0.2) is 0 Å². The lowest BCUT2D eigenvalue weighted by Crippen LogP contribution is -2.58. The normalized spacial score (nSPS) is 38.7. The monoisotopic (exact) mass is 253 g/mol. The molecule has 3 atom stereocenters. The summed E-state index contributed by atoms with van der Waals surface area (Å²) in [6.07, 6.45) is 7.79. The van der Waals surface area contributed by atoms with E-state index in [1.54, 1.807) is 0 Å². The fourth-order valence-corrected chi connectivity index (χ4v) is 3.65. The second-order valence-corrected chi connectivity index (χ2v) is 7.72. The van der Waals surface area contributed by atoms with E-state index in [9.17, 15) is 0 Å². The van der Waals surface area contributed by atoms with E-state index in [1.807, 2.05) is 0 Å². The van der Waals surface area contributed by atoms with Gasteiger partial charge in [0.05, 0.1) is 12.2 Å². The lowest BCUT2D eigenvalue weighted by atomic mass is 9.76. The van der Waals surface area contributed by atoms with Crippen molar-refractivity contribution in [3.05, 3.63) is 0 Å².